The molecule has 0 aliphatic rings. The summed E-state index contributed by atoms with van der Waals surface area (Å²) < 4.78 is 1.38. The highest BCUT2D eigenvalue weighted by molar-refractivity contribution is 6.31. The summed E-state index contributed by atoms with van der Waals surface area (Å²) in [5.41, 5.74) is 0.189. The maximum absolute atomic E-state index is 12.0. The van der Waals surface area contributed by atoms with Crippen LogP contribution in [0.1, 0.15) is 10.6 Å². The highest BCUT2D eigenvalue weighted by Crippen LogP contribution is 2.26. The van der Waals surface area contributed by atoms with Crippen LogP contribution < -0.4 is 5.32 Å². The van der Waals surface area contributed by atoms with Crippen molar-refractivity contribution < 1.29 is 9.90 Å². The number of nitrogens with one attached hydrogen (secondary N) is 1. The van der Waals surface area contributed by atoms with Crippen LogP contribution in [-0.2, 0) is 0 Å². The van der Waals surface area contributed by atoms with E-state index >= 15 is 0 Å². The zero-order chi connectivity index (χ0) is 14.1. The van der Waals surface area contributed by atoms with E-state index in [1.54, 1.807) is 18.5 Å². The highest BCUT2D eigenvalue weighted by atomic mass is 35.5. The SMILES string of the molecule is O=C(Nc1cc(Cl)ccc1O)c1nc2ncccn2n1. The van der Waals surface area contributed by atoms with Crippen LogP contribution in [0, 0.1) is 0 Å². The largest absolute Gasteiger partial charge is 0.506 e. The molecular formula is C12H8ClN5O2. The lowest BCUT2D eigenvalue weighted by molar-refractivity contribution is 0.101. The third-order valence-corrected chi connectivity index (χ3v) is 2.76. The number of benzene rings is 1. The van der Waals surface area contributed by atoms with Crippen molar-refractivity contribution in [2.24, 2.45) is 0 Å². The number of aromatic hydroxyl groups is 1. The first-order chi connectivity index (χ1) is 9.63. The Morgan fingerprint density at radius 1 is 1.40 bits per heavy atom. The standard InChI is InChI=1S/C12H8ClN5O2/c13-7-2-3-9(19)8(6-7)15-11(20)10-16-12-14-4-1-5-18(12)17-10/h1-6,19H,(H,15,20). The zero-order valence-corrected chi connectivity index (χ0v) is 10.7. The van der Waals surface area contributed by atoms with E-state index in [1.807, 2.05) is 0 Å². The van der Waals surface area contributed by atoms with E-state index in [0.717, 1.165) is 0 Å². The van der Waals surface area contributed by atoms with Gasteiger partial charge in [-0.1, -0.05) is 11.6 Å². The van der Waals surface area contributed by atoms with Gasteiger partial charge < -0.3 is 10.4 Å². The third-order valence-electron chi connectivity index (χ3n) is 2.53. The number of carbonyl (C=O) groups is 1. The summed E-state index contributed by atoms with van der Waals surface area (Å²) in [6.45, 7) is 0. The minimum absolute atomic E-state index is 0.0527. The van der Waals surface area contributed by atoms with Crippen LogP contribution in [0.4, 0.5) is 5.69 Å². The molecule has 2 N–H and O–H groups in total. The number of carbonyl (C=O) groups excluding carboxylic acids is 1. The quantitative estimate of drug-likeness (QED) is 0.701. The summed E-state index contributed by atoms with van der Waals surface area (Å²) in [5, 5.41) is 16.5. The van der Waals surface area contributed by atoms with Gasteiger partial charge in [-0.25, -0.2) is 9.50 Å². The number of halogens is 1. The summed E-state index contributed by atoms with van der Waals surface area (Å²) in [5.74, 6) is -0.395. The lowest BCUT2D eigenvalue weighted by Crippen LogP contribution is -2.14. The van der Waals surface area contributed by atoms with Crippen molar-refractivity contribution in [2.75, 3.05) is 5.32 Å². The van der Waals surface area contributed by atoms with Crippen molar-refractivity contribution in [3.63, 3.8) is 0 Å². The van der Waals surface area contributed by atoms with Crippen LogP contribution in [0.2, 0.25) is 5.02 Å². The van der Waals surface area contributed by atoms with Crippen LogP contribution in [0.5, 0.6) is 5.75 Å². The molecule has 1 aromatic carbocycles. The molecule has 100 valence electrons. The Morgan fingerprint density at radius 3 is 3.05 bits per heavy atom. The molecule has 0 bridgehead atoms. The van der Waals surface area contributed by atoms with Gasteiger partial charge >= 0.3 is 0 Å². The maximum Gasteiger partial charge on any atom is 0.295 e. The maximum atomic E-state index is 12.0. The first kappa shape index (κ1) is 12.4. The normalized spacial score (nSPS) is 10.7. The molecule has 0 spiro atoms. The van der Waals surface area contributed by atoms with E-state index < -0.39 is 5.91 Å². The second-order valence-electron chi connectivity index (χ2n) is 3.92. The Labute approximate surface area is 117 Å². The molecule has 0 saturated carbocycles. The van der Waals surface area contributed by atoms with E-state index in [9.17, 15) is 9.90 Å². The van der Waals surface area contributed by atoms with Crippen molar-refractivity contribution in [1.29, 1.82) is 0 Å². The van der Waals surface area contributed by atoms with Gasteiger partial charge in [-0.15, -0.1) is 5.10 Å². The molecule has 3 aromatic rings. The molecule has 2 aromatic heterocycles. The topological polar surface area (TPSA) is 92.4 Å². The molecule has 0 atom stereocenters. The molecule has 7 nitrogen and oxygen atoms in total. The average Bonchev–Trinajstić information content (AvgIpc) is 2.87. The first-order valence-corrected chi connectivity index (χ1v) is 5.98. The zero-order valence-electron chi connectivity index (χ0n) is 9.99. The monoisotopic (exact) mass is 289 g/mol. The van der Waals surface area contributed by atoms with Crippen LogP contribution in [0.25, 0.3) is 5.78 Å². The summed E-state index contributed by atoms with van der Waals surface area (Å²) in [4.78, 5) is 20.0. The van der Waals surface area contributed by atoms with Crippen molar-refractivity contribution >= 4 is 29.0 Å². The molecule has 0 aliphatic heterocycles. The fourth-order valence-corrected chi connectivity index (χ4v) is 1.79. The molecule has 0 fully saturated rings. The number of amides is 1. The predicted octanol–water partition coefficient (Wildman–Crippen LogP) is 1.74. The lowest BCUT2D eigenvalue weighted by Gasteiger charge is -2.05. The van der Waals surface area contributed by atoms with Gasteiger partial charge in [0.2, 0.25) is 5.82 Å². The minimum atomic E-state index is -0.562. The molecule has 2 heterocycles. The number of hydrogen-bond donors (Lipinski definition) is 2. The van der Waals surface area contributed by atoms with Crippen molar-refractivity contribution in [3.8, 4) is 5.75 Å². The van der Waals surface area contributed by atoms with Gasteiger partial charge in [0, 0.05) is 17.4 Å². The molecule has 3 rings (SSSR count). The Morgan fingerprint density at radius 2 is 2.25 bits per heavy atom. The number of aromatic nitrogens is 4. The number of phenols is 1. The van der Waals surface area contributed by atoms with Gasteiger partial charge in [0.15, 0.2) is 0 Å². The number of hydrogen-bond acceptors (Lipinski definition) is 5. The number of nitrogens with zero attached hydrogens (tertiary/aromatic N) is 4. The van der Waals surface area contributed by atoms with Gasteiger partial charge in [-0.05, 0) is 24.3 Å². The smallest absolute Gasteiger partial charge is 0.295 e. The summed E-state index contributed by atoms with van der Waals surface area (Å²) >= 11 is 5.80. The Kier molecular flexibility index (Phi) is 2.96. The number of rotatable bonds is 2. The summed E-state index contributed by atoms with van der Waals surface area (Å²) in [7, 11) is 0. The Bertz CT molecular complexity index is 768. The van der Waals surface area contributed by atoms with E-state index in [1.165, 1.54) is 22.7 Å². The molecule has 0 aliphatic carbocycles. The number of fused-ring (bicyclic) bond motifs is 1. The first-order valence-electron chi connectivity index (χ1n) is 5.61. The second kappa shape index (κ2) is 4.78. The van der Waals surface area contributed by atoms with Crippen molar-refractivity contribution in [1.82, 2.24) is 19.6 Å². The molecule has 0 saturated heterocycles. The number of phenolic OH excluding ortho intramolecular Hbond substituents is 1. The van der Waals surface area contributed by atoms with Crippen LogP contribution in [0.15, 0.2) is 36.7 Å². The Balaban J connectivity index is 1.90. The van der Waals surface area contributed by atoms with Gasteiger partial charge in [0.25, 0.3) is 11.7 Å². The molecule has 0 unspecified atom stereocenters. The van der Waals surface area contributed by atoms with Gasteiger partial charge in [0.05, 0.1) is 5.69 Å². The summed E-state index contributed by atoms with van der Waals surface area (Å²) in [6, 6.07) is 6.01. The molecular weight excluding hydrogens is 282 g/mol. The van der Waals surface area contributed by atoms with Crippen LogP contribution in [-0.4, -0.2) is 30.6 Å². The van der Waals surface area contributed by atoms with E-state index in [0.29, 0.717) is 10.8 Å². The second-order valence-corrected chi connectivity index (χ2v) is 4.35. The highest BCUT2D eigenvalue weighted by Gasteiger charge is 2.15. The molecule has 1 amide bonds. The minimum Gasteiger partial charge on any atom is -0.506 e. The fourth-order valence-electron chi connectivity index (χ4n) is 1.62. The molecule has 20 heavy (non-hydrogen) atoms. The summed E-state index contributed by atoms with van der Waals surface area (Å²) in [6.07, 6.45) is 3.18. The third kappa shape index (κ3) is 2.26. The van der Waals surface area contributed by atoms with Crippen LogP contribution in [0.3, 0.4) is 0 Å². The van der Waals surface area contributed by atoms with E-state index in [2.05, 4.69) is 20.4 Å². The van der Waals surface area contributed by atoms with E-state index in [-0.39, 0.29) is 17.3 Å². The fraction of sp³-hybridized carbons (Fsp3) is 0. The van der Waals surface area contributed by atoms with Crippen LogP contribution >= 0.6 is 11.6 Å². The van der Waals surface area contributed by atoms with Gasteiger partial charge in [-0.2, -0.15) is 4.98 Å². The average molecular weight is 290 g/mol. The van der Waals surface area contributed by atoms with Crippen molar-refractivity contribution in [3.05, 3.63) is 47.5 Å². The lowest BCUT2D eigenvalue weighted by atomic mass is 10.3. The van der Waals surface area contributed by atoms with Gasteiger partial charge in [-0.3, -0.25) is 4.79 Å². The molecule has 8 heteroatoms. The Hall–Kier alpha value is -2.67. The number of anilines is 1. The van der Waals surface area contributed by atoms with Crippen molar-refractivity contribution in [2.45, 2.75) is 0 Å². The van der Waals surface area contributed by atoms with E-state index in [4.69, 9.17) is 11.6 Å². The van der Waals surface area contributed by atoms with Gasteiger partial charge in [0.1, 0.15) is 5.75 Å². The predicted molar refractivity (Wildman–Crippen MR) is 71.9 cm³/mol. The molecule has 0 radical (unpaired) electrons.